The van der Waals surface area contributed by atoms with Gasteiger partial charge in [-0.15, -0.1) is 0 Å². The number of rotatable bonds is 6. The van der Waals surface area contributed by atoms with Gasteiger partial charge in [-0.05, 0) is 29.7 Å². The van der Waals surface area contributed by atoms with E-state index in [-0.39, 0.29) is 24.5 Å². The van der Waals surface area contributed by atoms with Crippen LogP contribution >= 0.6 is 0 Å². The summed E-state index contributed by atoms with van der Waals surface area (Å²) in [4.78, 5) is 14.2. The first-order chi connectivity index (χ1) is 12.0. The molecule has 1 heterocycles. The predicted molar refractivity (Wildman–Crippen MR) is 97.9 cm³/mol. The standard InChI is InChI=1S/C21H25NO3/c1-15(2)21(23)22(3)13-18(11-16-7-5-4-6-8-16)17-9-10-19-20(12-17)25-14-24-19/h4-10,12,15,18H,11,13-14H2,1-3H3/t18-/m1/s1. The molecule has 0 unspecified atom stereocenters. The molecule has 4 heteroatoms. The van der Waals surface area contributed by atoms with Gasteiger partial charge in [0.2, 0.25) is 12.7 Å². The fourth-order valence-corrected chi connectivity index (χ4v) is 3.21. The Morgan fingerprint density at radius 1 is 1.08 bits per heavy atom. The summed E-state index contributed by atoms with van der Waals surface area (Å²) in [5.74, 6) is 1.93. The monoisotopic (exact) mass is 339 g/mol. The summed E-state index contributed by atoms with van der Waals surface area (Å²) >= 11 is 0. The number of carbonyl (C=O) groups excluding carboxylic acids is 1. The summed E-state index contributed by atoms with van der Waals surface area (Å²) < 4.78 is 10.9. The molecular weight excluding hydrogens is 314 g/mol. The van der Waals surface area contributed by atoms with E-state index in [4.69, 9.17) is 9.47 Å². The van der Waals surface area contributed by atoms with Crippen LogP contribution < -0.4 is 9.47 Å². The smallest absolute Gasteiger partial charge is 0.231 e. The minimum Gasteiger partial charge on any atom is -0.454 e. The number of likely N-dealkylation sites (N-methyl/N-ethyl adjacent to an activating group) is 1. The van der Waals surface area contributed by atoms with Crippen LogP contribution in [0, 0.1) is 5.92 Å². The SMILES string of the molecule is CC(C)C(=O)N(C)C[C@@H](Cc1ccccc1)c1ccc2c(c1)OCO2. The third kappa shape index (κ3) is 4.13. The lowest BCUT2D eigenvalue weighted by atomic mass is 9.91. The summed E-state index contributed by atoms with van der Waals surface area (Å²) in [6.07, 6.45) is 0.871. The van der Waals surface area contributed by atoms with Gasteiger partial charge in [-0.3, -0.25) is 4.79 Å². The van der Waals surface area contributed by atoms with Crippen molar-refractivity contribution < 1.29 is 14.3 Å². The van der Waals surface area contributed by atoms with E-state index in [2.05, 4.69) is 30.3 Å². The molecule has 1 atom stereocenters. The highest BCUT2D eigenvalue weighted by molar-refractivity contribution is 5.77. The van der Waals surface area contributed by atoms with Gasteiger partial charge < -0.3 is 14.4 Å². The average molecular weight is 339 g/mol. The summed E-state index contributed by atoms with van der Waals surface area (Å²) in [6, 6.07) is 16.5. The van der Waals surface area contributed by atoms with E-state index in [0.717, 1.165) is 23.5 Å². The van der Waals surface area contributed by atoms with Crippen LogP contribution in [0.2, 0.25) is 0 Å². The fourth-order valence-electron chi connectivity index (χ4n) is 3.21. The molecule has 0 saturated carbocycles. The first kappa shape index (κ1) is 17.3. The molecule has 1 amide bonds. The van der Waals surface area contributed by atoms with Crippen LogP contribution in [0.3, 0.4) is 0 Å². The molecule has 0 radical (unpaired) electrons. The molecule has 4 nitrogen and oxygen atoms in total. The summed E-state index contributed by atoms with van der Waals surface area (Å²) in [5.41, 5.74) is 2.42. The topological polar surface area (TPSA) is 38.8 Å². The normalized spacial score (nSPS) is 13.8. The summed E-state index contributed by atoms with van der Waals surface area (Å²) in [5, 5.41) is 0. The summed E-state index contributed by atoms with van der Waals surface area (Å²) in [6.45, 7) is 4.82. The third-order valence-corrected chi connectivity index (χ3v) is 4.56. The van der Waals surface area contributed by atoms with Crippen LogP contribution in [0.1, 0.15) is 30.9 Å². The molecule has 1 aliphatic rings. The Morgan fingerprint density at radius 2 is 1.80 bits per heavy atom. The van der Waals surface area contributed by atoms with E-state index in [1.165, 1.54) is 5.56 Å². The van der Waals surface area contributed by atoms with Crippen molar-refractivity contribution >= 4 is 5.91 Å². The molecule has 25 heavy (non-hydrogen) atoms. The third-order valence-electron chi connectivity index (χ3n) is 4.56. The number of carbonyl (C=O) groups is 1. The highest BCUT2D eigenvalue weighted by Crippen LogP contribution is 2.35. The number of amides is 1. The van der Waals surface area contributed by atoms with Crippen molar-refractivity contribution in [3.8, 4) is 11.5 Å². The molecule has 0 aliphatic carbocycles. The molecule has 0 saturated heterocycles. The number of hydrogen-bond donors (Lipinski definition) is 0. The van der Waals surface area contributed by atoms with Gasteiger partial charge in [0.1, 0.15) is 0 Å². The summed E-state index contributed by atoms with van der Waals surface area (Å²) in [7, 11) is 1.88. The van der Waals surface area contributed by atoms with Crippen molar-refractivity contribution in [2.24, 2.45) is 5.92 Å². The van der Waals surface area contributed by atoms with Crippen molar-refractivity contribution in [3.05, 3.63) is 59.7 Å². The molecule has 1 aliphatic heterocycles. The number of nitrogens with zero attached hydrogens (tertiary/aromatic N) is 1. The van der Waals surface area contributed by atoms with Crippen molar-refractivity contribution in [1.29, 1.82) is 0 Å². The second-order valence-electron chi connectivity index (χ2n) is 6.87. The largest absolute Gasteiger partial charge is 0.454 e. The minimum absolute atomic E-state index is 0.000806. The Morgan fingerprint density at radius 3 is 2.52 bits per heavy atom. The zero-order valence-electron chi connectivity index (χ0n) is 15.1. The molecule has 0 N–H and O–H groups in total. The van der Waals surface area contributed by atoms with Gasteiger partial charge in [0.15, 0.2) is 11.5 Å². The van der Waals surface area contributed by atoms with Crippen molar-refractivity contribution in [3.63, 3.8) is 0 Å². The molecule has 0 bridgehead atoms. The highest BCUT2D eigenvalue weighted by Gasteiger charge is 2.22. The maximum Gasteiger partial charge on any atom is 0.231 e. The first-order valence-corrected chi connectivity index (χ1v) is 8.73. The van der Waals surface area contributed by atoms with Crippen LogP contribution in [-0.2, 0) is 11.2 Å². The number of hydrogen-bond acceptors (Lipinski definition) is 3. The maximum absolute atomic E-state index is 12.3. The van der Waals surface area contributed by atoms with E-state index in [1.54, 1.807) is 0 Å². The van der Waals surface area contributed by atoms with Crippen LogP contribution in [-0.4, -0.2) is 31.2 Å². The molecule has 0 aromatic heterocycles. The zero-order chi connectivity index (χ0) is 17.8. The van der Waals surface area contributed by atoms with Crippen molar-refractivity contribution in [1.82, 2.24) is 4.90 Å². The second-order valence-corrected chi connectivity index (χ2v) is 6.87. The Balaban J connectivity index is 1.84. The molecule has 2 aromatic rings. The average Bonchev–Trinajstić information content (AvgIpc) is 3.08. The van der Waals surface area contributed by atoms with Crippen molar-refractivity contribution in [2.45, 2.75) is 26.2 Å². The first-order valence-electron chi connectivity index (χ1n) is 8.73. The maximum atomic E-state index is 12.3. The number of benzene rings is 2. The van der Waals surface area contributed by atoms with Gasteiger partial charge >= 0.3 is 0 Å². The van der Waals surface area contributed by atoms with E-state index in [1.807, 2.05) is 44.0 Å². The van der Waals surface area contributed by atoms with Crippen LogP contribution in [0.4, 0.5) is 0 Å². The minimum atomic E-state index is -0.000806. The Hall–Kier alpha value is -2.49. The van der Waals surface area contributed by atoms with Gasteiger partial charge in [0.25, 0.3) is 0 Å². The van der Waals surface area contributed by atoms with E-state index < -0.39 is 0 Å². The van der Waals surface area contributed by atoms with Crippen molar-refractivity contribution in [2.75, 3.05) is 20.4 Å². The zero-order valence-corrected chi connectivity index (χ0v) is 15.1. The molecule has 3 rings (SSSR count). The number of fused-ring (bicyclic) bond motifs is 1. The predicted octanol–water partition coefficient (Wildman–Crippen LogP) is 3.86. The Labute approximate surface area is 149 Å². The molecule has 2 aromatic carbocycles. The van der Waals surface area contributed by atoms with Gasteiger partial charge in [0, 0.05) is 25.4 Å². The van der Waals surface area contributed by atoms with Crippen LogP contribution in [0.15, 0.2) is 48.5 Å². The lowest BCUT2D eigenvalue weighted by Crippen LogP contribution is -2.34. The Bertz CT molecular complexity index is 727. The van der Waals surface area contributed by atoms with Crippen LogP contribution in [0.5, 0.6) is 11.5 Å². The van der Waals surface area contributed by atoms with E-state index in [0.29, 0.717) is 6.54 Å². The van der Waals surface area contributed by atoms with Gasteiger partial charge in [0.05, 0.1) is 0 Å². The van der Waals surface area contributed by atoms with Crippen LogP contribution in [0.25, 0.3) is 0 Å². The molecule has 132 valence electrons. The second kappa shape index (κ2) is 7.60. The quantitative estimate of drug-likeness (QED) is 0.802. The fraction of sp³-hybridized carbons (Fsp3) is 0.381. The van der Waals surface area contributed by atoms with Gasteiger partial charge in [-0.25, -0.2) is 0 Å². The molecule has 0 fully saturated rings. The lowest BCUT2D eigenvalue weighted by Gasteiger charge is -2.26. The molecular formula is C21H25NO3. The number of ether oxygens (including phenoxy) is 2. The lowest BCUT2D eigenvalue weighted by molar-refractivity contribution is -0.133. The highest BCUT2D eigenvalue weighted by atomic mass is 16.7. The Kier molecular flexibility index (Phi) is 5.27. The van der Waals surface area contributed by atoms with Gasteiger partial charge in [-0.1, -0.05) is 50.2 Å². The van der Waals surface area contributed by atoms with Gasteiger partial charge in [-0.2, -0.15) is 0 Å². The molecule has 0 spiro atoms. The van der Waals surface area contributed by atoms with E-state index in [9.17, 15) is 4.79 Å². The van der Waals surface area contributed by atoms with E-state index >= 15 is 0 Å².